The molecule has 0 unspecified atom stereocenters. The van der Waals surface area contributed by atoms with Crippen LogP contribution in [0.2, 0.25) is 0 Å². The first-order chi connectivity index (χ1) is 11.7. The number of nitrogens with one attached hydrogen (secondary N) is 1. The van der Waals surface area contributed by atoms with Gasteiger partial charge in [0.15, 0.2) is 17.1 Å². The Bertz CT molecular complexity index is 1070. The van der Waals surface area contributed by atoms with Crippen molar-refractivity contribution < 1.29 is 10.2 Å². The Morgan fingerprint density at radius 1 is 1.00 bits per heavy atom. The molecule has 0 saturated heterocycles. The number of hydrogen-bond donors (Lipinski definition) is 3. The minimum atomic E-state index is -0.194. The lowest BCUT2D eigenvalue weighted by Crippen LogP contribution is -1.87. The molecule has 0 aliphatic carbocycles. The van der Waals surface area contributed by atoms with E-state index in [1.807, 2.05) is 24.3 Å². The first kappa shape index (κ1) is 14.1. The van der Waals surface area contributed by atoms with Crippen molar-refractivity contribution in [2.24, 2.45) is 10.2 Å². The van der Waals surface area contributed by atoms with Gasteiger partial charge in [-0.15, -0.1) is 15.3 Å². The van der Waals surface area contributed by atoms with Gasteiger partial charge < -0.3 is 15.2 Å². The highest BCUT2D eigenvalue weighted by molar-refractivity contribution is 6.03. The SMILES string of the molecule is Oc1ccc(CN=Nc2nnc3c(n2)[nH]c2ccccc23)cc1O. The number of benzene rings is 2. The molecule has 0 spiro atoms. The number of rotatable bonds is 3. The summed E-state index contributed by atoms with van der Waals surface area (Å²) in [5, 5.41) is 35.7. The van der Waals surface area contributed by atoms with Gasteiger partial charge in [-0.25, -0.2) is 0 Å². The number of nitrogens with zero attached hydrogens (tertiary/aromatic N) is 5. The predicted molar refractivity (Wildman–Crippen MR) is 87.2 cm³/mol. The summed E-state index contributed by atoms with van der Waals surface area (Å²) in [6, 6.07) is 12.2. The Balaban J connectivity index is 1.59. The Hall–Kier alpha value is -3.55. The number of fused-ring (bicyclic) bond motifs is 3. The summed E-state index contributed by atoms with van der Waals surface area (Å²) in [5.74, 6) is -0.218. The van der Waals surface area contributed by atoms with Crippen LogP contribution in [0.15, 0.2) is 52.7 Å². The number of azo groups is 1. The van der Waals surface area contributed by atoms with Gasteiger partial charge in [0.1, 0.15) is 5.52 Å². The van der Waals surface area contributed by atoms with Crippen molar-refractivity contribution in [3.8, 4) is 11.5 Å². The van der Waals surface area contributed by atoms with E-state index < -0.39 is 0 Å². The van der Waals surface area contributed by atoms with Crippen LogP contribution in [-0.4, -0.2) is 30.4 Å². The summed E-state index contributed by atoms with van der Waals surface area (Å²) in [6.07, 6.45) is 0. The maximum absolute atomic E-state index is 9.44. The van der Waals surface area contributed by atoms with Crippen molar-refractivity contribution >= 4 is 28.0 Å². The summed E-state index contributed by atoms with van der Waals surface area (Å²) >= 11 is 0. The van der Waals surface area contributed by atoms with Gasteiger partial charge >= 0.3 is 0 Å². The minimum absolute atomic E-state index is 0.150. The molecule has 8 heteroatoms. The number of aromatic amines is 1. The minimum Gasteiger partial charge on any atom is -0.504 e. The Kier molecular flexibility index (Phi) is 3.27. The highest BCUT2D eigenvalue weighted by Crippen LogP contribution is 2.25. The largest absolute Gasteiger partial charge is 0.504 e. The van der Waals surface area contributed by atoms with Crippen LogP contribution in [0, 0.1) is 0 Å². The number of para-hydroxylation sites is 1. The second-order valence-electron chi connectivity index (χ2n) is 5.20. The van der Waals surface area contributed by atoms with Crippen LogP contribution in [0.4, 0.5) is 5.95 Å². The lowest BCUT2D eigenvalue weighted by molar-refractivity contribution is 0.403. The first-order valence-electron chi connectivity index (χ1n) is 7.20. The fourth-order valence-corrected chi connectivity index (χ4v) is 2.40. The lowest BCUT2D eigenvalue weighted by Gasteiger charge is -1.99. The molecule has 0 amide bonds. The average Bonchev–Trinajstić information content (AvgIpc) is 2.96. The fourth-order valence-electron chi connectivity index (χ4n) is 2.40. The van der Waals surface area contributed by atoms with Crippen molar-refractivity contribution in [2.75, 3.05) is 0 Å². The van der Waals surface area contributed by atoms with Gasteiger partial charge in [0.25, 0.3) is 5.95 Å². The third kappa shape index (κ3) is 2.50. The van der Waals surface area contributed by atoms with Crippen molar-refractivity contribution in [1.82, 2.24) is 20.2 Å². The van der Waals surface area contributed by atoms with Crippen molar-refractivity contribution in [3.05, 3.63) is 48.0 Å². The molecule has 2 heterocycles. The highest BCUT2D eigenvalue weighted by atomic mass is 16.3. The van der Waals surface area contributed by atoms with E-state index in [1.54, 1.807) is 6.07 Å². The van der Waals surface area contributed by atoms with Crippen molar-refractivity contribution in [1.29, 1.82) is 0 Å². The molecular formula is C16H12N6O2. The predicted octanol–water partition coefficient (Wildman–Crippen LogP) is 3.20. The van der Waals surface area contributed by atoms with E-state index in [9.17, 15) is 10.2 Å². The average molecular weight is 320 g/mol. The topological polar surface area (TPSA) is 120 Å². The summed E-state index contributed by atoms with van der Waals surface area (Å²) in [4.78, 5) is 7.46. The second kappa shape index (κ2) is 5.58. The standard InChI is InChI=1S/C16H12N6O2/c23-12-6-5-9(7-13(12)24)8-17-21-16-19-15-14(20-22-16)10-3-1-2-4-11(10)18-15/h1-7,23-24H,8H2,(H,18,19,22). The quantitative estimate of drug-likeness (QED) is 0.395. The van der Waals surface area contributed by atoms with Gasteiger partial charge in [-0.05, 0) is 23.8 Å². The van der Waals surface area contributed by atoms with Gasteiger partial charge in [0.2, 0.25) is 0 Å². The van der Waals surface area contributed by atoms with Crippen LogP contribution in [-0.2, 0) is 6.54 Å². The highest BCUT2D eigenvalue weighted by Gasteiger charge is 2.08. The van der Waals surface area contributed by atoms with Gasteiger partial charge in [-0.1, -0.05) is 24.3 Å². The molecule has 3 N–H and O–H groups in total. The van der Waals surface area contributed by atoms with Gasteiger partial charge in [0, 0.05) is 10.9 Å². The molecule has 2 aromatic carbocycles. The summed E-state index contributed by atoms with van der Waals surface area (Å²) in [7, 11) is 0. The van der Waals surface area contributed by atoms with Crippen LogP contribution >= 0.6 is 0 Å². The number of aromatic hydroxyl groups is 2. The van der Waals surface area contributed by atoms with Crippen LogP contribution in [0.3, 0.4) is 0 Å². The molecule has 4 rings (SSSR count). The molecule has 0 aliphatic heterocycles. The lowest BCUT2D eigenvalue weighted by atomic mass is 10.2. The normalized spacial score (nSPS) is 11.7. The zero-order valence-corrected chi connectivity index (χ0v) is 12.4. The molecule has 0 fully saturated rings. The Labute approximate surface area is 135 Å². The Morgan fingerprint density at radius 3 is 2.75 bits per heavy atom. The third-order valence-corrected chi connectivity index (χ3v) is 3.56. The van der Waals surface area contributed by atoms with E-state index in [1.165, 1.54) is 12.1 Å². The molecule has 0 radical (unpaired) electrons. The number of phenolic OH excluding ortho intramolecular Hbond substituents is 2. The van der Waals surface area contributed by atoms with Gasteiger partial charge in [-0.3, -0.25) is 0 Å². The molecule has 0 atom stereocenters. The molecule has 4 aromatic rings. The molecule has 2 aromatic heterocycles. The maximum atomic E-state index is 9.44. The van der Waals surface area contributed by atoms with Crippen LogP contribution in [0.1, 0.15) is 5.56 Å². The summed E-state index contributed by atoms with van der Waals surface area (Å²) in [5.41, 5.74) is 2.92. The number of aromatic nitrogens is 4. The molecule has 24 heavy (non-hydrogen) atoms. The maximum Gasteiger partial charge on any atom is 0.289 e. The van der Waals surface area contributed by atoms with E-state index in [0.29, 0.717) is 16.7 Å². The van der Waals surface area contributed by atoms with Gasteiger partial charge in [-0.2, -0.15) is 10.1 Å². The monoisotopic (exact) mass is 320 g/mol. The van der Waals surface area contributed by atoms with E-state index in [4.69, 9.17) is 0 Å². The molecule has 0 bridgehead atoms. The molecular weight excluding hydrogens is 308 g/mol. The molecule has 118 valence electrons. The van der Waals surface area contributed by atoms with E-state index in [2.05, 4.69) is 30.4 Å². The van der Waals surface area contributed by atoms with Crippen molar-refractivity contribution in [2.45, 2.75) is 6.54 Å². The number of H-pyrrole nitrogens is 1. The van der Waals surface area contributed by atoms with E-state index >= 15 is 0 Å². The first-order valence-corrected chi connectivity index (χ1v) is 7.20. The summed E-state index contributed by atoms with van der Waals surface area (Å²) < 4.78 is 0. The smallest absolute Gasteiger partial charge is 0.289 e. The zero-order chi connectivity index (χ0) is 16.5. The number of phenols is 2. The van der Waals surface area contributed by atoms with Crippen LogP contribution in [0.5, 0.6) is 11.5 Å². The third-order valence-electron chi connectivity index (χ3n) is 3.56. The van der Waals surface area contributed by atoms with Crippen molar-refractivity contribution in [3.63, 3.8) is 0 Å². The van der Waals surface area contributed by atoms with E-state index in [0.717, 1.165) is 10.9 Å². The van der Waals surface area contributed by atoms with Crippen LogP contribution < -0.4 is 0 Å². The zero-order valence-electron chi connectivity index (χ0n) is 12.4. The van der Waals surface area contributed by atoms with Gasteiger partial charge in [0.05, 0.1) is 6.54 Å². The molecule has 0 saturated carbocycles. The summed E-state index contributed by atoms with van der Waals surface area (Å²) in [6.45, 7) is 0.224. The van der Waals surface area contributed by atoms with E-state index in [-0.39, 0.29) is 24.0 Å². The Morgan fingerprint density at radius 2 is 1.88 bits per heavy atom. The van der Waals surface area contributed by atoms with Crippen LogP contribution in [0.25, 0.3) is 22.1 Å². The fraction of sp³-hybridized carbons (Fsp3) is 0.0625. The number of hydrogen-bond acceptors (Lipinski definition) is 7. The second-order valence-corrected chi connectivity index (χ2v) is 5.20. The molecule has 8 nitrogen and oxygen atoms in total. The molecule has 0 aliphatic rings.